The maximum Gasteiger partial charge on any atom is 0.407 e. The van der Waals surface area contributed by atoms with Crippen molar-refractivity contribution in [3.8, 4) is 11.8 Å². The first-order chi connectivity index (χ1) is 24.4. The van der Waals surface area contributed by atoms with E-state index in [4.69, 9.17) is 17.0 Å². The maximum absolute atomic E-state index is 12.1. The lowest BCUT2D eigenvalue weighted by molar-refractivity contribution is -0.120. The van der Waals surface area contributed by atoms with Gasteiger partial charge in [-0.1, -0.05) is 25.7 Å². The van der Waals surface area contributed by atoms with E-state index in [1.807, 2.05) is 0 Å². The summed E-state index contributed by atoms with van der Waals surface area (Å²) < 4.78 is 5.53. The van der Waals surface area contributed by atoms with Gasteiger partial charge >= 0.3 is 6.09 Å². The number of rotatable bonds is 13. The molecule has 5 rings (SSSR count). The first-order valence-electron chi connectivity index (χ1n) is 19.4. The first-order valence-corrected chi connectivity index (χ1v) is 19.8. The van der Waals surface area contributed by atoms with Crippen molar-refractivity contribution in [2.75, 3.05) is 98.2 Å². The Labute approximate surface area is 306 Å². The van der Waals surface area contributed by atoms with E-state index in [1.54, 1.807) is 6.92 Å². The van der Waals surface area contributed by atoms with E-state index < -0.39 is 5.54 Å². The van der Waals surface area contributed by atoms with Gasteiger partial charge < -0.3 is 57.9 Å². The quantitative estimate of drug-likeness (QED) is 0.0714. The number of thiocarbonyl (C=S) groups is 1. The Balaban J connectivity index is 1.07. The Kier molecular flexibility index (Phi) is 18.3. The van der Waals surface area contributed by atoms with Crippen LogP contribution in [0.1, 0.15) is 71.1 Å². The molecule has 4 fully saturated rings. The van der Waals surface area contributed by atoms with Crippen molar-refractivity contribution < 1.29 is 14.3 Å². The van der Waals surface area contributed by atoms with Crippen LogP contribution in [0.4, 0.5) is 4.79 Å². The molecule has 0 spiro atoms. The minimum Gasteiger partial charge on any atom is -0.449 e. The highest BCUT2D eigenvalue weighted by Gasteiger charge is 2.49. The largest absolute Gasteiger partial charge is 0.449 e. The summed E-state index contributed by atoms with van der Waals surface area (Å²) in [5, 5.41) is 35.6. The van der Waals surface area contributed by atoms with Gasteiger partial charge in [-0.3, -0.25) is 4.79 Å². The molecule has 14 heteroatoms. The van der Waals surface area contributed by atoms with E-state index in [2.05, 4.69) is 65.0 Å². The van der Waals surface area contributed by atoms with E-state index in [0.717, 1.165) is 123 Å². The number of carbonyl (C=O) groups is 2. The molecule has 3 heterocycles. The lowest BCUT2D eigenvalue weighted by Gasteiger charge is -2.39. The minimum absolute atomic E-state index is 0.0180. The topological polar surface area (TPSA) is 164 Å². The van der Waals surface area contributed by atoms with E-state index in [9.17, 15) is 9.59 Å². The van der Waals surface area contributed by atoms with Gasteiger partial charge in [0.1, 0.15) is 0 Å². The van der Waals surface area contributed by atoms with Crippen molar-refractivity contribution in [3.05, 3.63) is 0 Å². The summed E-state index contributed by atoms with van der Waals surface area (Å²) in [7, 11) is 0. The third-order valence-corrected chi connectivity index (χ3v) is 10.7. The van der Waals surface area contributed by atoms with Crippen LogP contribution in [0, 0.1) is 29.6 Å². The summed E-state index contributed by atoms with van der Waals surface area (Å²) in [5.74, 6) is 8.40. The zero-order valence-electron chi connectivity index (χ0n) is 30.5. The second kappa shape index (κ2) is 22.6. The van der Waals surface area contributed by atoms with Crippen molar-refractivity contribution in [3.63, 3.8) is 0 Å². The number of amides is 2. The SMILES string of the molecule is CC(=O)NC12CNCCNCC(NC(=S)NCCCCCCCCNC(=O)OCC3[C@H]4CCC#CCC[C@@H]34)(CNCCNC1)CNCCNC2. The Morgan fingerprint density at radius 2 is 1.08 bits per heavy atom. The molecule has 3 saturated heterocycles. The van der Waals surface area contributed by atoms with Crippen LogP contribution in [-0.4, -0.2) is 126 Å². The molecule has 284 valence electrons. The number of fused-ring (bicyclic) bond motifs is 16. The molecule has 0 aromatic carbocycles. The monoisotopic (exact) mass is 719 g/mol. The minimum atomic E-state index is -0.400. The molecule has 3 atom stereocenters. The standard InChI is InChI=1S/C36H66N10O3S/c1-29(47)45-35-23-37-16-19-40-26-36(27-41-20-17-38-24-35,28-42-21-18-39-25-35)46-33(50)43-14-10-6-2-3-7-11-15-44-34(48)49-22-32-30-12-8-4-5-9-13-31(30)32/h30-32,37-42H,2-3,6-28H2,1H3,(H,44,48)(H,45,47)(H2,43,46,50)/t30-,31+,32?,35?,36?. The highest BCUT2D eigenvalue weighted by atomic mass is 32.1. The molecule has 50 heavy (non-hydrogen) atoms. The van der Waals surface area contributed by atoms with Crippen molar-refractivity contribution >= 4 is 29.3 Å². The van der Waals surface area contributed by atoms with Gasteiger partial charge in [0.2, 0.25) is 5.91 Å². The summed E-state index contributed by atoms with van der Waals surface area (Å²) in [5.41, 5.74) is -0.703. The van der Waals surface area contributed by atoms with Crippen molar-refractivity contribution in [2.24, 2.45) is 17.8 Å². The van der Waals surface area contributed by atoms with Gasteiger partial charge in [-0.05, 0) is 55.7 Å². The average Bonchev–Trinajstić information content (AvgIpc) is 3.73. The molecule has 3 aliphatic heterocycles. The first kappa shape index (κ1) is 40.5. The van der Waals surface area contributed by atoms with Gasteiger partial charge in [-0.15, -0.1) is 11.8 Å². The van der Waals surface area contributed by atoms with Gasteiger partial charge in [-0.2, -0.15) is 0 Å². The average molecular weight is 719 g/mol. The molecular weight excluding hydrogens is 653 g/mol. The number of unbranched alkanes of at least 4 members (excludes halogenated alkanes) is 5. The van der Waals surface area contributed by atoms with Gasteiger partial charge in [0.25, 0.3) is 0 Å². The molecule has 1 unspecified atom stereocenters. The van der Waals surface area contributed by atoms with Crippen LogP contribution < -0.4 is 53.2 Å². The van der Waals surface area contributed by atoms with Crippen LogP contribution in [0.3, 0.4) is 0 Å². The highest BCUT2D eigenvalue weighted by molar-refractivity contribution is 7.80. The highest BCUT2D eigenvalue weighted by Crippen LogP contribution is 2.52. The second-order valence-electron chi connectivity index (χ2n) is 14.8. The normalized spacial score (nSPS) is 29.3. The zero-order chi connectivity index (χ0) is 35.3. The molecule has 13 nitrogen and oxygen atoms in total. The summed E-state index contributed by atoms with van der Waals surface area (Å²) in [4.78, 5) is 24.2. The fourth-order valence-corrected chi connectivity index (χ4v) is 7.97. The fourth-order valence-electron chi connectivity index (χ4n) is 7.65. The number of alkyl carbamates (subject to hydrolysis) is 1. The predicted octanol–water partition coefficient (Wildman–Crippen LogP) is 0.135. The molecule has 10 N–H and O–H groups in total. The summed E-state index contributed by atoms with van der Waals surface area (Å²) in [6.07, 6.45) is 10.6. The van der Waals surface area contributed by atoms with Gasteiger partial charge in [0.15, 0.2) is 5.11 Å². The van der Waals surface area contributed by atoms with Crippen LogP contribution in [0.2, 0.25) is 0 Å². The maximum atomic E-state index is 12.1. The Bertz CT molecular complexity index is 1040. The summed E-state index contributed by atoms with van der Waals surface area (Å²) in [6.45, 7) is 12.7. The van der Waals surface area contributed by atoms with Gasteiger partial charge in [-0.25, -0.2) is 4.79 Å². The van der Waals surface area contributed by atoms with Crippen molar-refractivity contribution in [2.45, 2.75) is 82.2 Å². The van der Waals surface area contributed by atoms with E-state index in [-0.39, 0.29) is 17.5 Å². The Morgan fingerprint density at radius 3 is 1.54 bits per heavy atom. The van der Waals surface area contributed by atoms with Crippen LogP contribution in [-0.2, 0) is 9.53 Å². The van der Waals surface area contributed by atoms with Gasteiger partial charge in [0.05, 0.1) is 17.7 Å². The van der Waals surface area contributed by atoms with Crippen LogP contribution in [0.25, 0.3) is 0 Å². The van der Waals surface area contributed by atoms with E-state index >= 15 is 0 Å². The number of hydrogen-bond acceptors (Lipinski definition) is 10. The number of nitrogens with one attached hydrogen (secondary N) is 10. The van der Waals surface area contributed by atoms with E-state index in [1.165, 1.54) is 6.42 Å². The molecule has 0 aromatic heterocycles. The molecule has 2 amide bonds. The number of hydrogen-bond donors (Lipinski definition) is 10. The number of carbonyl (C=O) groups excluding carboxylic acids is 2. The van der Waals surface area contributed by atoms with Crippen molar-refractivity contribution in [1.29, 1.82) is 0 Å². The summed E-state index contributed by atoms with van der Waals surface area (Å²) >= 11 is 5.80. The lowest BCUT2D eigenvalue weighted by Crippen LogP contribution is -2.68. The van der Waals surface area contributed by atoms with Gasteiger partial charge in [0, 0.05) is 111 Å². The fraction of sp³-hybridized carbons (Fsp3) is 0.861. The van der Waals surface area contributed by atoms with E-state index in [0.29, 0.717) is 55.7 Å². The summed E-state index contributed by atoms with van der Waals surface area (Å²) in [6, 6.07) is 0. The van der Waals surface area contributed by atoms with Crippen molar-refractivity contribution in [1.82, 2.24) is 53.2 Å². The van der Waals surface area contributed by atoms with Crippen LogP contribution >= 0.6 is 12.2 Å². The zero-order valence-corrected chi connectivity index (χ0v) is 31.4. The molecule has 2 bridgehead atoms. The molecule has 1 saturated carbocycles. The molecular formula is C36H66N10O3S. The molecule has 0 radical (unpaired) electrons. The molecule has 0 aromatic rings. The third kappa shape index (κ3) is 15.2. The van der Waals surface area contributed by atoms with Crippen LogP contribution in [0.5, 0.6) is 0 Å². The molecule has 5 aliphatic rings. The second-order valence-corrected chi connectivity index (χ2v) is 15.2. The van der Waals surface area contributed by atoms with Crippen LogP contribution in [0.15, 0.2) is 0 Å². The molecule has 2 aliphatic carbocycles. The lowest BCUT2D eigenvalue weighted by atomic mass is 9.97. The predicted molar refractivity (Wildman–Crippen MR) is 204 cm³/mol. The third-order valence-electron chi connectivity index (χ3n) is 10.4. The Morgan fingerprint density at radius 1 is 0.660 bits per heavy atom. The Hall–Kier alpha value is -2.25. The smallest absolute Gasteiger partial charge is 0.407 e. The number of ether oxygens (including phenoxy) is 1.